The van der Waals surface area contributed by atoms with Crippen molar-refractivity contribution in [2.75, 3.05) is 0 Å². The third-order valence-corrected chi connectivity index (χ3v) is 10.2. The van der Waals surface area contributed by atoms with Crippen molar-refractivity contribution in [2.45, 2.75) is 22.7 Å². The molecule has 0 aromatic heterocycles. The monoisotopic (exact) mass is 275 g/mol. The summed E-state index contributed by atoms with van der Waals surface area (Å²) in [6.07, 6.45) is 0. The van der Waals surface area contributed by atoms with Crippen LogP contribution < -0.4 is 3.58 Å². The fraction of sp³-hybridized carbons (Fsp3) is 0.400. The normalized spacial score (nSPS) is 9.58. The van der Waals surface area contributed by atoms with Crippen molar-refractivity contribution in [1.82, 2.24) is 0 Å². The Balaban J connectivity index is 0.00000121. The van der Waals surface area contributed by atoms with Crippen LogP contribution in [0.1, 0.15) is 13.8 Å². The minimum atomic E-state index is -1.10. The molecule has 0 aliphatic heterocycles. The molecule has 1 aromatic rings. The molecule has 0 atom stereocenters. The van der Waals surface area contributed by atoms with Gasteiger partial charge in [-0.25, -0.2) is 0 Å². The van der Waals surface area contributed by atoms with Gasteiger partial charge in [0.05, 0.1) is 0 Å². The fourth-order valence-corrected chi connectivity index (χ4v) is 6.98. The zero-order chi connectivity index (χ0) is 8.10. The maximum atomic E-state index is 2.34. The molecule has 0 aliphatic carbocycles. The van der Waals surface area contributed by atoms with E-state index in [0.29, 0.717) is 0 Å². The minimum absolute atomic E-state index is 0. The average molecular weight is 274 g/mol. The van der Waals surface area contributed by atoms with Crippen LogP contribution in [0.3, 0.4) is 0 Å². The number of rotatable bonds is 3. The predicted octanol–water partition coefficient (Wildman–Crippen LogP) is 2.58. The van der Waals surface area contributed by atoms with Crippen LogP contribution in [0, 0.1) is 0 Å². The molecule has 12 heavy (non-hydrogen) atoms. The molecule has 0 saturated carbocycles. The molecular weight excluding hydrogens is 258 g/mol. The topological polar surface area (TPSA) is 0 Å². The summed E-state index contributed by atoms with van der Waals surface area (Å²) in [5.74, 6) is 0. The van der Waals surface area contributed by atoms with Gasteiger partial charge in [-0.1, -0.05) is 0 Å². The maximum Gasteiger partial charge on any atom is -0.269 e. The summed E-state index contributed by atoms with van der Waals surface area (Å²) < 4.78 is 4.57. The van der Waals surface area contributed by atoms with Crippen molar-refractivity contribution in [3.05, 3.63) is 30.3 Å². The second-order valence-corrected chi connectivity index (χ2v) is 11.8. The second-order valence-electron chi connectivity index (χ2n) is 2.68. The van der Waals surface area contributed by atoms with Crippen molar-refractivity contribution in [3.63, 3.8) is 0 Å². The van der Waals surface area contributed by atoms with Crippen molar-refractivity contribution in [2.24, 2.45) is 0 Å². The van der Waals surface area contributed by atoms with Gasteiger partial charge in [-0.3, -0.25) is 4.70 Å². The first-order valence-corrected chi connectivity index (χ1v) is 9.75. The van der Waals surface area contributed by atoms with Gasteiger partial charge in [0, 0.05) is 0 Å². The zero-order valence-electron chi connectivity index (χ0n) is 7.71. The third kappa shape index (κ3) is 3.13. The fourth-order valence-electron chi connectivity index (χ4n) is 1.33. The van der Waals surface area contributed by atoms with Gasteiger partial charge in [0.15, 0.2) is 0 Å². The molecule has 0 saturated heterocycles. The van der Waals surface area contributed by atoms with Crippen molar-refractivity contribution < 1.29 is 4.70 Å². The molecule has 0 heterocycles. The van der Waals surface area contributed by atoms with E-state index in [0.717, 1.165) is 0 Å². The van der Waals surface area contributed by atoms with Crippen LogP contribution in [-0.4, -0.2) is 19.8 Å². The molecule has 0 amide bonds. The first-order chi connectivity index (χ1) is 5.38. The summed E-state index contributed by atoms with van der Waals surface area (Å²) >= 11 is -1.10. The Morgan fingerprint density at radius 3 is 1.92 bits per heavy atom. The molecule has 0 nitrogen and oxygen atoms in total. The molecule has 0 spiro atoms. The average Bonchev–Trinajstić information content (AvgIpc) is 2.09. The first kappa shape index (κ1) is 11.9. The Morgan fingerprint density at radius 1 is 1.00 bits per heavy atom. The van der Waals surface area contributed by atoms with E-state index in [1.807, 2.05) is 0 Å². The number of halogens is 1. The van der Waals surface area contributed by atoms with Gasteiger partial charge in [0.25, 0.3) is 0 Å². The van der Waals surface area contributed by atoms with E-state index < -0.39 is 19.8 Å². The summed E-state index contributed by atoms with van der Waals surface area (Å²) in [5, 5.41) is 0. The molecule has 0 bridgehead atoms. The summed E-state index contributed by atoms with van der Waals surface area (Å²) in [6, 6.07) is 11.1. The third-order valence-electron chi connectivity index (χ3n) is 2.04. The molecule has 67 valence electrons. The Labute approximate surface area is 81.1 Å². The number of benzene rings is 1. The molecule has 0 fully saturated rings. The predicted molar refractivity (Wildman–Crippen MR) is 55.3 cm³/mol. The number of hydrogen-bond donors (Lipinski definition) is 0. The van der Waals surface area contributed by atoms with E-state index in [4.69, 9.17) is 0 Å². The molecule has 2 heteroatoms. The van der Waals surface area contributed by atoms with Crippen LogP contribution >= 0.6 is 0 Å². The van der Waals surface area contributed by atoms with E-state index >= 15 is 0 Å². The summed E-state index contributed by atoms with van der Waals surface area (Å²) in [7, 11) is 0. The van der Waals surface area contributed by atoms with Crippen molar-refractivity contribution in [1.29, 1.82) is 0 Å². The van der Waals surface area contributed by atoms with Crippen LogP contribution in [0.5, 0.6) is 0 Å². The van der Waals surface area contributed by atoms with Gasteiger partial charge in [-0.05, 0) is 0 Å². The Morgan fingerprint density at radius 2 is 1.50 bits per heavy atom. The van der Waals surface area contributed by atoms with Crippen LogP contribution in [-0.2, 0) is 0 Å². The van der Waals surface area contributed by atoms with Crippen LogP contribution in [0.15, 0.2) is 30.3 Å². The van der Waals surface area contributed by atoms with Gasteiger partial charge < -0.3 is 0 Å². The molecule has 1 aromatic carbocycles. The summed E-state index contributed by atoms with van der Waals surface area (Å²) in [4.78, 5) is 0. The van der Waals surface area contributed by atoms with Gasteiger partial charge >= 0.3 is 76.4 Å². The molecule has 1 radical (unpaired) electrons. The van der Waals surface area contributed by atoms with Crippen LogP contribution in [0.4, 0.5) is 4.70 Å². The Kier molecular flexibility index (Phi) is 6.44. The van der Waals surface area contributed by atoms with Gasteiger partial charge in [-0.15, -0.1) is 0 Å². The van der Waals surface area contributed by atoms with Crippen LogP contribution in [0.25, 0.3) is 0 Å². The zero-order valence-corrected chi connectivity index (χ0v) is 10.6. The molecule has 1 rings (SSSR count). The van der Waals surface area contributed by atoms with Gasteiger partial charge in [0.2, 0.25) is 0 Å². The van der Waals surface area contributed by atoms with E-state index in [1.165, 1.54) is 8.87 Å². The van der Waals surface area contributed by atoms with Crippen molar-refractivity contribution in [3.8, 4) is 0 Å². The van der Waals surface area contributed by atoms with Gasteiger partial charge in [-0.2, -0.15) is 0 Å². The SMILES string of the molecule is C[CH2][Sn]([CH2]C)[c]1ccccc1.F. The minimum Gasteiger partial charge on any atom is -0.269 e. The Hall–Kier alpha value is -0.0513. The van der Waals surface area contributed by atoms with Gasteiger partial charge in [0.1, 0.15) is 0 Å². The van der Waals surface area contributed by atoms with E-state index in [-0.39, 0.29) is 4.70 Å². The molecule has 0 aliphatic rings. The molecule has 0 unspecified atom stereocenters. The van der Waals surface area contributed by atoms with E-state index in [1.54, 1.807) is 3.58 Å². The smallest absolute Gasteiger partial charge is 0.269 e. The standard InChI is InChI=1S/C6H5.2C2H5.FH.Sn/c1-2-4-6-5-3-1;2*1-2;;/h1-5H;2*1H2,2H3;1H;. The Bertz CT molecular complexity index is 194. The van der Waals surface area contributed by atoms with E-state index in [2.05, 4.69) is 44.2 Å². The second kappa shape index (κ2) is 6.46. The quantitative estimate of drug-likeness (QED) is 0.743. The van der Waals surface area contributed by atoms with E-state index in [9.17, 15) is 0 Å². The maximum absolute atomic E-state index is 2.34. The summed E-state index contributed by atoms with van der Waals surface area (Å²) in [6.45, 7) is 4.68. The van der Waals surface area contributed by atoms with Crippen LogP contribution in [0.2, 0.25) is 8.87 Å². The van der Waals surface area contributed by atoms with Crippen molar-refractivity contribution >= 4 is 23.3 Å². The molecular formula is C10H16FSn. The number of hydrogen-bond acceptors (Lipinski definition) is 0. The summed E-state index contributed by atoms with van der Waals surface area (Å²) in [5.41, 5.74) is 0. The largest absolute Gasteiger partial charge is 0.269 e. The molecule has 0 N–H and O–H groups in total. The first-order valence-electron chi connectivity index (χ1n) is 4.28.